The Labute approximate surface area is 179 Å². The predicted octanol–water partition coefficient (Wildman–Crippen LogP) is 0.888. The lowest BCUT2D eigenvalue weighted by molar-refractivity contribution is -0.696. The maximum Gasteiger partial charge on any atom is 0.494 e. The molecule has 0 radical (unpaired) electrons. The highest BCUT2D eigenvalue weighted by molar-refractivity contribution is 7.94. The molecule has 1 aliphatic heterocycles. The predicted molar refractivity (Wildman–Crippen MR) is 117 cm³/mol. The Bertz CT molecular complexity index is 999. The van der Waals surface area contributed by atoms with Crippen molar-refractivity contribution in [3.63, 3.8) is 0 Å². The molecule has 30 heavy (non-hydrogen) atoms. The normalized spacial score (nSPS) is 14.3. The van der Waals surface area contributed by atoms with Crippen molar-refractivity contribution in [1.82, 2.24) is 4.57 Å². The third-order valence-corrected chi connectivity index (χ3v) is 5.13. The molecule has 11 heteroatoms. The van der Waals surface area contributed by atoms with Crippen LogP contribution < -0.4 is 4.57 Å². The quantitative estimate of drug-likeness (QED) is 0.293. The summed E-state index contributed by atoms with van der Waals surface area (Å²) in [5, 5.41) is 0. The average molecular weight is 460 g/mol. The molecule has 2 rings (SSSR count). The zero-order valence-electron chi connectivity index (χ0n) is 17.6. The van der Waals surface area contributed by atoms with Crippen molar-refractivity contribution in [2.75, 3.05) is 18.1 Å². The van der Waals surface area contributed by atoms with E-state index in [9.17, 15) is 21.7 Å². The fourth-order valence-corrected chi connectivity index (χ4v) is 3.17. The van der Waals surface area contributed by atoms with Crippen molar-refractivity contribution in [1.29, 1.82) is 0 Å². The maximum atomic E-state index is 10.7. The van der Waals surface area contributed by atoms with E-state index < -0.39 is 19.9 Å². The van der Waals surface area contributed by atoms with E-state index in [1.165, 1.54) is 0 Å². The van der Waals surface area contributed by atoms with E-state index in [-0.39, 0.29) is 11.5 Å². The van der Waals surface area contributed by atoms with Crippen LogP contribution in [0, 0.1) is 0 Å². The van der Waals surface area contributed by atoms with Crippen LogP contribution in [0.1, 0.15) is 26.7 Å². The van der Waals surface area contributed by atoms with Gasteiger partial charge in [-0.1, -0.05) is 45.3 Å². The van der Waals surface area contributed by atoms with Gasteiger partial charge in [-0.05, 0) is 13.0 Å². The van der Waals surface area contributed by atoms with E-state index >= 15 is 0 Å². The summed E-state index contributed by atoms with van der Waals surface area (Å²) < 4.78 is 59.4. The number of nitrogens with zero attached hydrogens (tertiary/aromatic N) is 4. The molecule has 0 spiro atoms. The molecule has 1 unspecified atom stereocenters. The molecule has 1 aromatic rings. The number of hydrogen-bond acceptors (Lipinski definition) is 5. The van der Waals surface area contributed by atoms with Gasteiger partial charge in [-0.25, -0.2) is 17.6 Å². The lowest BCUT2D eigenvalue weighted by Gasteiger charge is -2.09. The minimum Gasteiger partial charge on any atom is -0.778 e. The zero-order chi connectivity index (χ0) is 23.2. The van der Waals surface area contributed by atoms with Gasteiger partial charge in [0, 0.05) is 17.9 Å². The van der Waals surface area contributed by atoms with E-state index in [0.29, 0.717) is 25.9 Å². The lowest BCUT2D eigenvalue weighted by atomic mass is 10.5. The van der Waals surface area contributed by atoms with Crippen LogP contribution in [-0.4, -0.2) is 65.4 Å². The third-order valence-electron chi connectivity index (χ3n) is 3.44. The van der Waals surface area contributed by atoms with Crippen LogP contribution in [0.15, 0.2) is 50.5 Å². The van der Waals surface area contributed by atoms with Crippen LogP contribution in [0.25, 0.3) is 6.20 Å². The number of rotatable bonds is 10. The largest absolute Gasteiger partial charge is 0.778 e. The molecule has 0 bridgehead atoms. The fraction of sp³-hybridized carbons (Fsp3) is 0.421. The highest BCUT2D eigenvalue weighted by Gasteiger charge is 2.12. The first-order chi connectivity index (χ1) is 14.0. The van der Waals surface area contributed by atoms with E-state index in [1.54, 1.807) is 55.6 Å². The summed E-state index contributed by atoms with van der Waals surface area (Å²) in [4.78, 5) is 0. The lowest BCUT2D eigenvalue weighted by Crippen LogP contribution is -2.31. The zero-order valence-corrected chi connectivity index (χ0v) is 19.2. The molecule has 0 saturated carbocycles. The Kier molecular flexibility index (Phi) is 12.8. The molecule has 9 nitrogen and oxygen atoms in total. The van der Waals surface area contributed by atoms with Gasteiger partial charge in [0.25, 0.3) is 6.20 Å². The molecule has 0 fully saturated rings. The summed E-state index contributed by atoms with van der Waals surface area (Å²) >= 11 is 0. The molecule has 0 aliphatic carbocycles. The van der Waals surface area contributed by atoms with Gasteiger partial charge in [-0.15, -0.1) is 0 Å². The van der Waals surface area contributed by atoms with Crippen molar-refractivity contribution in [2.45, 2.75) is 33.2 Å². The fourth-order valence-electron chi connectivity index (χ4n) is 2.12. The van der Waals surface area contributed by atoms with Crippen LogP contribution in [0.3, 0.4) is 0 Å². The van der Waals surface area contributed by atoms with Crippen molar-refractivity contribution in [2.24, 2.45) is 0 Å². The molecular formula is C19H31N4O5S2+. The maximum absolute atomic E-state index is 10.7. The van der Waals surface area contributed by atoms with Crippen molar-refractivity contribution in [3.05, 3.63) is 50.5 Å². The van der Waals surface area contributed by atoms with E-state index in [0.717, 1.165) is 0 Å². The first kappa shape index (κ1) is 27.7. The molecular weight excluding hydrogens is 428 g/mol. The molecule has 2 heterocycles. The first-order valence-electron chi connectivity index (χ1n) is 9.33. The number of aryl methyl sites for hydroxylation is 1. The molecule has 0 N–H and O–H groups in total. The van der Waals surface area contributed by atoms with Gasteiger partial charge in [-0.2, -0.15) is 0 Å². The topological polar surface area (TPSA) is 112 Å². The summed E-state index contributed by atoms with van der Waals surface area (Å²) in [6, 6.07) is 2.95. The van der Waals surface area contributed by atoms with Gasteiger partial charge in [0.1, 0.15) is 12.4 Å². The first-order valence-corrected chi connectivity index (χ1v) is 12.7. The van der Waals surface area contributed by atoms with Crippen LogP contribution in [0.4, 0.5) is 0 Å². The van der Waals surface area contributed by atoms with Crippen LogP contribution >= 0.6 is 0 Å². The second-order valence-corrected chi connectivity index (χ2v) is 9.30. The Morgan fingerprint density at radius 2 is 1.70 bits per heavy atom. The second-order valence-electron chi connectivity index (χ2n) is 5.88. The van der Waals surface area contributed by atoms with E-state index in [2.05, 4.69) is 25.0 Å². The smallest absolute Gasteiger partial charge is 0.494 e. The number of aromatic nitrogens is 2. The molecule has 1 aliphatic rings. The van der Waals surface area contributed by atoms with Gasteiger partial charge in [0.15, 0.2) is 12.7 Å². The van der Waals surface area contributed by atoms with Gasteiger partial charge >= 0.3 is 6.01 Å². The molecule has 1 aromatic heterocycles. The Morgan fingerprint density at radius 3 is 2.17 bits per heavy atom. The van der Waals surface area contributed by atoms with Gasteiger partial charge in [0.05, 0.1) is 22.9 Å². The van der Waals surface area contributed by atoms with Crippen LogP contribution in [0.5, 0.6) is 0 Å². The van der Waals surface area contributed by atoms with Crippen LogP contribution in [0.2, 0.25) is 0 Å². The second kappa shape index (κ2) is 13.8. The molecule has 1 atom stereocenters. The molecule has 168 valence electrons. The minimum absolute atomic E-state index is 0.104. The molecule has 0 aromatic carbocycles. The van der Waals surface area contributed by atoms with Crippen molar-refractivity contribution >= 4 is 38.0 Å². The Morgan fingerprint density at radius 1 is 1.07 bits per heavy atom. The summed E-state index contributed by atoms with van der Waals surface area (Å²) in [6.07, 6.45) is 13.1. The summed E-state index contributed by atoms with van der Waals surface area (Å²) in [6.45, 7) is 12.3. The summed E-state index contributed by atoms with van der Waals surface area (Å²) in [7, 11) is -7.18. The summed E-state index contributed by atoms with van der Waals surface area (Å²) in [5.74, 6) is 2.84. The van der Waals surface area contributed by atoms with Crippen molar-refractivity contribution in [3.8, 4) is 0 Å². The van der Waals surface area contributed by atoms with Crippen molar-refractivity contribution < 1.29 is 35.5 Å². The molecule has 0 amide bonds. The van der Waals surface area contributed by atoms with Gasteiger partial charge in [-0.3, -0.25) is 4.21 Å². The Balaban J connectivity index is 0.000000518. The minimum atomic E-state index is -4.08. The van der Waals surface area contributed by atoms with E-state index in [1.807, 2.05) is 20.0 Å². The SMILES string of the molecule is C=C[N+]1=C=[N+](CCCS(=C)(=O)[O-])C=C1.C=Cn1cc[n+](CCCS(=O)(=O)[O-])c1.CC. The third kappa shape index (κ3) is 13.8. The number of imidazole rings is 1. The highest BCUT2D eigenvalue weighted by atomic mass is 32.2. The van der Waals surface area contributed by atoms with Crippen LogP contribution in [-0.2, 0) is 26.5 Å². The summed E-state index contributed by atoms with van der Waals surface area (Å²) in [5.41, 5.74) is 0. The average Bonchev–Trinajstić information content (AvgIpc) is 3.31. The standard InChI is InChI=1S/C9H13N2O2S.C8H12N2O3S.C2H6/c1-3-10-6-7-11(9-10)5-4-8-14(2,12)13;1-2-9-5-6-10(8-9)4-3-7-14(11,12)13;1-2/h3,6-7H,1-2,4-5,8H2;2,5-6,8H,1,3-4,7H2;1-2H3/q+1;;. The molecule has 0 saturated heterocycles. The highest BCUT2D eigenvalue weighted by Crippen LogP contribution is 1.93. The van der Waals surface area contributed by atoms with E-state index in [4.69, 9.17) is 0 Å². The number of hydrogen-bond donors (Lipinski definition) is 0. The Hall–Kier alpha value is -2.30. The monoisotopic (exact) mass is 459 g/mol. The van der Waals surface area contributed by atoms with Gasteiger partial charge < -0.3 is 9.11 Å². The van der Waals surface area contributed by atoms with Gasteiger partial charge in [0.2, 0.25) is 12.5 Å².